The maximum Gasteiger partial charge on any atom is 0.183 e. The van der Waals surface area contributed by atoms with Gasteiger partial charge in [0.15, 0.2) is 5.13 Å². The van der Waals surface area contributed by atoms with Gasteiger partial charge in [-0.25, -0.2) is 4.98 Å². The molecular weight excluding hydrogens is 280 g/mol. The first-order valence-corrected chi connectivity index (χ1v) is 7.95. The van der Waals surface area contributed by atoms with E-state index >= 15 is 0 Å². The van der Waals surface area contributed by atoms with Gasteiger partial charge in [-0.2, -0.15) is 0 Å². The third-order valence-corrected chi connectivity index (χ3v) is 4.34. The maximum absolute atomic E-state index is 5.11. The van der Waals surface area contributed by atoms with Crippen LogP contribution in [-0.2, 0) is 4.74 Å². The van der Waals surface area contributed by atoms with Crippen molar-refractivity contribution >= 4 is 37.5 Å². The van der Waals surface area contributed by atoms with Gasteiger partial charge in [0.05, 0.1) is 23.1 Å². The van der Waals surface area contributed by atoms with E-state index in [-0.39, 0.29) is 0 Å². The number of fused-ring (bicyclic) bond motifs is 3. The molecule has 0 amide bonds. The largest absolute Gasteiger partial charge is 0.502 e. The molecule has 1 aromatic heterocycles. The highest BCUT2D eigenvalue weighted by Gasteiger charge is 2.06. The van der Waals surface area contributed by atoms with Crippen molar-refractivity contribution < 1.29 is 4.74 Å². The predicted octanol–water partition coefficient (Wildman–Crippen LogP) is 4.80. The van der Waals surface area contributed by atoms with Crippen molar-refractivity contribution in [2.45, 2.75) is 12.8 Å². The topological polar surface area (TPSA) is 34.1 Å². The molecule has 4 heteroatoms. The van der Waals surface area contributed by atoms with Crippen LogP contribution in [0, 0.1) is 0 Å². The molecule has 3 rings (SSSR count). The van der Waals surface area contributed by atoms with E-state index in [2.05, 4.69) is 48.3 Å². The number of nitrogens with zero attached hydrogens (tertiary/aromatic N) is 1. The Bertz CT molecular complexity index is 751. The number of unbranched alkanes of at least 4 members (excludes halogenated alkanes) is 1. The Labute approximate surface area is 128 Å². The lowest BCUT2D eigenvalue weighted by atomic mass is 10.1. The molecule has 0 aliphatic heterocycles. The molecule has 1 heterocycles. The predicted molar refractivity (Wildman–Crippen MR) is 91.0 cm³/mol. The van der Waals surface area contributed by atoms with Crippen LogP contribution in [0.15, 0.2) is 49.2 Å². The zero-order chi connectivity index (χ0) is 14.5. The van der Waals surface area contributed by atoms with E-state index in [0.29, 0.717) is 0 Å². The molecule has 3 aromatic rings. The van der Waals surface area contributed by atoms with E-state index in [0.717, 1.165) is 36.6 Å². The summed E-state index contributed by atoms with van der Waals surface area (Å²) < 4.78 is 6.33. The molecule has 1 N–H and O–H groups in total. The third kappa shape index (κ3) is 3.16. The first-order chi connectivity index (χ1) is 10.4. The number of benzene rings is 2. The molecule has 0 fully saturated rings. The third-order valence-electron chi connectivity index (χ3n) is 3.37. The molecule has 0 saturated carbocycles. The van der Waals surface area contributed by atoms with Crippen LogP contribution < -0.4 is 5.32 Å². The lowest BCUT2D eigenvalue weighted by Gasteiger charge is -2.02. The van der Waals surface area contributed by atoms with Crippen LogP contribution in [0.25, 0.3) is 21.0 Å². The summed E-state index contributed by atoms with van der Waals surface area (Å²) in [5.74, 6) is 0. The van der Waals surface area contributed by atoms with Crippen LogP contribution in [0.3, 0.4) is 0 Å². The minimum absolute atomic E-state index is 0.732. The highest BCUT2D eigenvalue weighted by Crippen LogP contribution is 2.31. The van der Waals surface area contributed by atoms with Gasteiger partial charge >= 0.3 is 0 Å². The van der Waals surface area contributed by atoms with Crippen molar-refractivity contribution in [3.63, 3.8) is 0 Å². The smallest absolute Gasteiger partial charge is 0.183 e. The van der Waals surface area contributed by atoms with Gasteiger partial charge in [-0.1, -0.05) is 48.2 Å². The molecule has 21 heavy (non-hydrogen) atoms. The number of aromatic nitrogens is 1. The number of anilines is 1. The van der Waals surface area contributed by atoms with Crippen LogP contribution in [0.1, 0.15) is 12.8 Å². The van der Waals surface area contributed by atoms with Gasteiger partial charge in [-0.05, 0) is 24.3 Å². The SMILES string of the molecule is C=COCCCCNc1nc2c(ccc3ccccc32)s1. The molecule has 3 nitrogen and oxygen atoms in total. The summed E-state index contributed by atoms with van der Waals surface area (Å²) in [6.45, 7) is 5.18. The summed E-state index contributed by atoms with van der Waals surface area (Å²) in [6.07, 6.45) is 3.57. The highest BCUT2D eigenvalue weighted by molar-refractivity contribution is 7.22. The zero-order valence-electron chi connectivity index (χ0n) is 11.8. The van der Waals surface area contributed by atoms with E-state index in [9.17, 15) is 0 Å². The zero-order valence-corrected chi connectivity index (χ0v) is 12.7. The van der Waals surface area contributed by atoms with E-state index in [1.54, 1.807) is 11.3 Å². The van der Waals surface area contributed by atoms with Crippen molar-refractivity contribution in [1.82, 2.24) is 4.98 Å². The quantitative estimate of drug-likeness (QED) is 0.502. The molecule has 108 valence electrons. The maximum atomic E-state index is 5.11. The number of hydrogen-bond donors (Lipinski definition) is 1. The lowest BCUT2D eigenvalue weighted by molar-refractivity contribution is 0.244. The van der Waals surface area contributed by atoms with Gasteiger partial charge in [0.2, 0.25) is 0 Å². The summed E-state index contributed by atoms with van der Waals surface area (Å²) in [7, 11) is 0. The average Bonchev–Trinajstić information content (AvgIpc) is 2.94. The molecule has 0 radical (unpaired) electrons. The first-order valence-electron chi connectivity index (χ1n) is 7.13. The summed E-state index contributed by atoms with van der Waals surface area (Å²) in [6, 6.07) is 12.7. The molecular formula is C17H18N2OS. The summed E-state index contributed by atoms with van der Waals surface area (Å²) >= 11 is 1.71. The van der Waals surface area contributed by atoms with Gasteiger partial charge in [-0.15, -0.1) is 0 Å². The number of rotatable bonds is 7. The molecule has 2 aromatic carbocycles. The Morgan fingerprint density at radius 3 is 3.00 bits per heavy atom. The Morgan fingerprint density at radius 1 is 1.19 bits per heavy atom. The molecule has 0 aliphatic rings. The lowest BCUT2D eigenvalue weighted by Crippen LogP contribution is -2.02. The molecule has 0 spiro atoms. The fourth-order valence-electron chi connectivity index (χ4n) is 2.33. The molecule has 0 aliphatic carbocycles. The van der Waals surface area contributed by atoms with E-state index in [1.807, 2.05) is 0 Å². The van der Waals surface area contributed by atoms with E-state index < -0.39 is 0 Å². The minimum atomic E-state index is 0.732. The van der Waals surface area contributed by atoms with Crippen LogP contribution >= 0.6 is 11.3 Å². The number of nitrogens with one attached hydrogen (secondary N) is 1. The Kier molecular flexibility index (Phi) is 4.36. The molecule has 0 unspecified atom stereocenters. The van der Waals surface area contributed by atoms with Crippen molar-refractivity contribution in [2.75, 3.05) is 18.5 Å². The second kappa shape index (κ2) is 6.59. The molecule has 0 bridgehead atoms. The van der Waals surface area contributed by atoms with E-state index in [1.165, 1.54) is 21.7 Å². The average molecular weight is 298 g/mol. The van der Waals surface area contributed by atoms with E-state index in [4.69, 9.17) is 9.72 Å². The number of ether oxygens (including phenoxy) is 1. The molecule has 0 saturated heterocycles. The van der Waals surface area contributed by atoms with Crippen molar-refractivity contribution in [1.29, 1.82) is 0 Å². The Hall–Kier alpha value is -2.07. The fraction of sp³-hybridized carbons (Fsp3) is 0.235. The van der Waals surface area contributed by atoms with Gasteiger partial charge in [-0.3, -0.25) is 0 Å². The molecule has 0 atom stereocenters. The van der Waals surface area contributed by atoms with Crippen LogP contribution in [0.4, 0.5) is 5.13 Å². The van der Waals surface area contributed by atoms with Crippen LogP contribution in [0.5, 0.6) is 0 Å². The monoisotopic (exact) mass is 298 g/mol. The van der Waals surface area contributed by atoms with Gasteiger partial charge in [0, 0.05) is 11.9 Å². The van der Waals surface area contributed by atoms with Crippen LogP contribution in [0.2, 0.25) is 0 Å². The van der Waals surface area contributed by atoms with Gasteiger partial charge in [0.25, 0.3) is 0 Å². The first kappa shape index (κ1) is 13.9. The highest BCUT2D eigenvalue weighted by atomic mass is 32.1. The normalized spacial score (nSPS) is 10.9. The second-order valence-electron chi connectivity index (χ2n) is 4.82. The van der Waals surface area contributed by atoms with Crippen molar-refractivity contribution in [2.24, 2.45) is 0 Å². The fourth-order valence-corrected chi connectivity index (χ4v) is 3.23. The van der Waals surface area contributed by atoms with Gasteiger partial charge in [0.1, 0.15) is 0 Å². The van der Waals surface area contributed by atoms with Crippen molar-refractivity contribution in [3.05, 3.63) is 49.2 Å². The standard InChI is InChI=1S/C17H18N2OS/c1-2-20-12-6-5-11-18-17-19-16-14-8-4-3-7-13(14)9-10-15(16)21-17/h2-4,7-10H,1,5-6,11-12H2,(H,18,19). The van der Waals surface area contributed by atoms with Gasteiger partial charge < -0.3 is 10.1 Å². The second-order valence-corrected chi connectivity index (χ2v) is 5.85. The van der Waals surface area contributed by atoms with Crippen LogP contribution in [-0.4, -0.2) is 18.1 Å². The Morgan fingerprint density at radius 2 is 2.10 bits per heavy atom. The summed E-state index contributed by atoms with van der Waals surface area (Å²) in [5, 5.41) is 6.85. The van der Waals surface area contributed by atoms with Crippen molar-refractivity contribution in [3.8, 4) is 0 Å². The minimum Gasteiger partial charge on any atom is -0.502 e. The summed E-state index contributed by atoms with van der Waals surface area (Å²) in [4.78, 5) is 4.73. The Balaban J connectivity index is 1.69. The number of hydrogen-bond acceptors (Lipinski definition) is 4. The summed E-state index contributed by atoms with van der Waals surface area (Å²) in [5.41, 5.74) is 1.09. The number of thiazole rings is 1.